The smallest absolute Gasteiger partial charge is 0.269 e. The Morgan fingerprint density at radius 2 is 2.13 bits per heavy atom. The van der Waals surface area contributed by atoms with Gasteiger partial charge in [-0.2, -0.15) is 0 Å². The summed E-state index contributed by atoms with van der Waals surface area (Å²) in [6.07, 6.45) is 0. The van der Waals surface area contributed by atoms with Crippen molar-refractivity contribution in [3.8, 4) is 0 Å². The monoisotopic (exact) mass is 318 g/mol. The number of amides is 1. The van der Waals surface area contributed by atoms with E-state index in [2.05, 4.69) is 10.5 Å². The second-order valence-corrected chi connectivity index (χ2v) is 5.41. The molecule has 0 aliphatic rings. The number of carbonyl (C=O) groups excluding carboxylic acids is 1. The average Bonchev–Trinajstić information content (AvgIpc) is 2.85. The number of hydrogen-bond acceptors (Lipinski definition) is 6. The Labute approximate surface area is 133 Å². The van der Waals surface area contributed by atoms with Gasteiger partial charge < -0.3 is 9.84 Å². The van der Waals surface area contributed by atoms with E-state index in [-0.39, 0.29) is 18.1 Å². The minimum Gasteiger partial charge on any atom is -0.361 e. The van der Waals surface area contributed by atoms with Crippen LogP contribution in [0, 0.1) is 24.0 Å². The molecule has 1 aromatic heterocycles. The Balaban J connectivity index is 1.92. The molecule has 1 N–H and O–H groups in total. The number of non-ortho nitro benzene ring substituents is 1. The quantitative estimate of drug-likeness (QED) is 0.647. The molecule has 1 aromatic carbocycles. The molecule has 8 nitrogen and oxygen atoms in total. The number of nitrogens with one attached hydrogen (secondary N) is 1. The van der Waals surface area contributed by atoms with Gasteiger partial charge in [-0.05, 0) is 32.5 Å². The lowest BCUT2D eigenvalue weighted by molar-refractivity contribution is -0.384. The summed E-state index contributed by atoms with van der Waals surface area (Å²) in [4.78, 5) is 24.1. The van der Waals surface area contributed by atoms with Crippen LogP contribution < -0.4 is 5.32 Å². The van der Waals surface area contributed by atoms with Crippen molar-refractivity contribution in [2.75, 3.05) is 18.9 Å². The summed E-state index contributed by atoms with van der Waals surface area (Å²) in [5, 5.41) is 17.3. The van der Waals surface area contributed by atoms with Gasteiger partial charge in [0.05, 0.1) is 17.2 Å². The van der Waals surface area contributed by atoms with Crippen molar-refractivity contribution in [2.45, 2.75) is 20.4 Å². The predicted octanol–water partition coefficient (Wildman–Crippen LogP) is 2.27. The molecule has 1 heterocycles. The number of likely N-dealkylation sites (N-methyl/N-ethyl adjacent to an activating group) is 1. The second-order valence-electron chi connectivity index (χ2n) is 5.41. The van der Waals surface area contributed by atoms with E-state index in [0.717, 1.165) is 11.5 Å². The molecule has 0 unspecified atom stereocenters. The number of rotatable bonds is 6. The number of carbonyl (C=O) groups is 1. The van der Waals surface area contributed by atoms with Gasteiger partial charge in [0.2, 0.25) is 5.91 Å². The van der Waals surface area contributed by atoms with Gasteiger partial charge in [0.1, 0.15) is 5.76 Å². The van der Waals surface area contributed by atoms with Crippen molar-refractivity contribution < 1.29 is 14.2 Å². The molecular formula is C15H18N4O4. The maximum Gasteiger partial charge on any atom is 0.269 e. The third-order valence-corrected chi connectivity index (χ3v) is 3.22. The molecule has 0 saturated carbocycles. The SMILES string of the molecule is Cc1cc(CN(C)CC(=O)Nc2ccc([N+](=O)[O-])cc2C)no1. The maximum atomic E-state index is 12.1. The van der Waals surface area contributed by atoms with Crippen LogP contribution in [0.5, 0.6) is 0 Å². The van der Waals surface area contributed by atoms with Crippen molar-refractivity contribution in [3.63, 3.8) is 0 Å². The van der Waals surface area contributed by atoms with E-state index in [1.807, 2.05) is 6.07 Å². The van der Waals surface area contributed by atoms with Crippen molar-refractivity contribution in [1.82, 2.24) is 10.1 Å². The topological polar surface area (TPSA) is 102 Å². The highest BCUT2D eigenvalue weighted by Gasteiger charge is 2.13. The van der Waals surface area contributed by atoms with Crippen LogP contribution in [-0.4, -0.2) is 34.5 Å². The molecule has 122 valence electrons. The van der Waals surface area contributed by atoms with Gasteiger partial charge in [-0.1, -0.05) is 5.16 Å². The molecule has 2 aromatic rings. The molecule has 23 heavy (non-hydrogen) atoms. The van der Waals surface area contributed by atoms with Gasteiger partial charge in [-0.15, -0.1) is 0 Å². The highest BCUT2D eigenvalue weighted by Crippen LogP contribution is 2.21. The van der Waals surface area contributed by atoms with Crippen LogP contribution in [0.2, 0.25) is 0 Å². The predicted molar refractivity (Wildman–Crippen MR) is 84.0 cm³/mol. The first-order valence-electron chi connectivity index (χ1n) is 7.01. The highest BCUT2D eigenvalue weighted by atomic mass is 16.6. The number of nitro benzene ring substituents is 1. The van der Waals surface area contributed by atoms with E-state index < -0.39 is 4.92 Å². The van der Waals surface area contributed by atoms with E-state index in [1.165, 1.54) is 18.2 Å². The number of aryl methyl sites for hydroxylation is 2. The van der Waals surface area contributed by atoms with Crippen LogP contribution in [0.3, 0.4) is 0 Å². The molecule has 8 heteroatoms. The zero-order valence-corrected chi connectivity index (χ0v) is 13.2. The molecule has 0 spiro atoms. The van der Waals surface area contributed by atoms with E-state index in [1.54, 1.807) is 25.8 Å². The fourth-order valence-corrected chi connectivity index (χ4v) is 2.16. The largest absolute Gasteiger partial charge is 0.361 e. The van der Waals surface area contributed by atoms with Crippen molar-refractivity contribution in [2.24, 2.45) is 0 Å². The molecule has 0 atom stereocenters. The molecule has 0 radical (unpaired) electrons. The van der Waals surface area contributed by atoms with E-state index in [9.17, 15) is 14.9 Å². The van der Waals surface area contributed by atoms with Crippen molar-refractivity contribution in [3.05, 3.63) is 51.4 Å². The summed E-state index contributed by atoms with van der Waals surface area (Å²) in [5.41, 5.74) is 1.96. The summed E-state index contributed by atoms with van der Waals surface area (Å²) < 4.78 is 4.98. The molecule has 0 aliphatic carbocycles. The third-order valence-electron chi connectivity index (χ3n) is 3.22. The van der Waals surface area contributed by atoms with Crippen LogP contribution in [0.25, 0.3) is 0 Å². The Kier molecular flexibility index (Phi) is 5.07. The maximum absolute atomic E-state index is 12.1. The number of nitrogens with zero attached hydrogens (tertiary/aromatic N) is 3. The molecule has 0 fully saturated rings. The van der Waals surface area contributed by atoms with E-state index >= 15 is 0 Å². The number of hydrogen-bond donors (Lipinski definition) is 1. The lowest BCUT2D eigenvalue weighted by Crippen LogP contribution is -2.30. The van der Waals surface area contributed by atoms with Gasteiger partial charge in [0, 0.05) is 30.4 Å². The lowest BCUT2D eigenvalue weighted by Gasteiger charge is -2.15. The summed E-state index contributed by atoms with van der Waals surface area (Å²) in [7, 11) is 1.80. The standard InChI is InChI=1S/C15H18N4O4/c1-10-6-13(19(21)22)4-5-14(10)16-15(20)9-18(3)8-12-7-11(2)23-17-12/h4-7H,8-9H2,1-3H3,(H,16,20). The minimum absolute atomic E-state index is 0.000908. The summed E-state index contributed by atoms with van der Waals surface area (Å²) in [6.45, 7) is 4.18. The van der Waals surface area contributed by atoms with E-state index in [4.69, 9.17) is 4.52 Å². The summed E-state index contributed by atoms with van der Waals surface area (Å²) >= 11 is 0. The van der Waals surface area contributed by atoms with Gasteiger partial charge in [-0.3, -0.25) is 19.8 Å². The van der Waals surface area contributed by atoms with Gasteiger partial charge >= 0.3 is 0 Å². The Bertz CT molecular complexity index is 726. The summed E-state index contributed by atoms with van der Waals surface area (Å²) in [5.74, 6) is 0.518. The third kappa shape index (κ3) is 4.62. The van der Waals surface area contributed by atoms with Gasteiger partial charge in [-0.25, -0.2) is 0 Å². The fourth-order valence-electron chi connectivity index (χ4n) is 2.16. The molecule has 1 amide bonds. The molecule has 2 rings (SSSR count). The zero-order valence-electron chi connectivity index (χ0n) is 13.2. The number of nitro groups is 1. The second kappa shape index (κ2) is 7.01. The summed E-state index contributed by atoms with van der Waals surface area (Å²) in [6, 6.07) is 6.14. The van der Waals surface area contributed by atoms with Crippen LogP contribution in [0.4, 0.5) is 11.4 Å². The van der Waals surface area contributed by atoms with Crippen LogP contribution in [0.15, 0.2) is 28.8 Å². The average molecular weight is 318 g/mol. The number of anilines is 1. The first kappa shape index (κ1) is 16.6. The number of aromatic nitrogens is 1. The van der Waals surface area contributed by atoms with Crippen molar-refractivity contribution >= 4 is 17.3 Å². The Morgan fingerprint density at radius 1 is 1.39 bits per heavy atom. The lowest BCUT2D eigenvalue weighted by atomic mass is 10.2. The first-order chi connectivity index (χ1) is 10.8. The van der Waals surface area contributed by atoms with Crippen LogP contribution in [-0.2, 0) is 11.3 Å². The van der Waals surface area contributed by atoms with Crippen molar-refractivity contribution in [1.29, 1.82) is 0 Å². The Hall–Kier alpha value is -2.74. The Morgan fingerprint density at radius 3 is 2.70 bits per heavy atom. The fraction of sp³-hybridized carbons (Fsp3) is 0.333. The molecule has 0 bridgehead atoms. The van der Waals surface area contributed by atoms with Gasteiger partial charge in [0.15, 0.2) is 0 Å². The normalized spacial score (nSPS) is 10.8. The number of benzene rings is 1. The zero-order chi connectivity index (χ0) is 17.0. The molecular weight excluding hydrogens is 300 g/mol. The molecule has 0 saturated heterocycles. The minimum atomic E-state index is -0.466. The molecule has 0 aliphatic heterocycles. The highest BCUT2D eigenvalue weighted by molar-refractivity contribution is 5.93. The van der Waals surface area contributed by atoms with Crippen LogP contribution in [0.1, 0.15) is 17.0 Å². The van der Waals surface area contributed by atoms with Crippen LogP contribution >= 0.6 is 0 Å². The van der Waals surface area contributed by atoms with E-state index in [0.29, 0.717) is 17.8 Å². The first-order valence-corrected chi connectivity index (χ1v) is 7.01. The van der Waals surface area contributed by atoms with Gasteiger partial charge in [0.25, 0.3) is 5.69 Å².